The second kappa shape index (κ2) is 20.0. The molecule has 272 valence electrons. The molecule has 0 spiro atoms. The number of nitrogens with zero attached hydrogens (tertiary/aromatic N) is 5. The van der Waals surface area contributed by atoms with E-state index in [0.717, 1.165) is 35.4 Å². The SMILES string of the molecule is CCN(CC)c1ccc2cc(-n3cc(-c4ccc(N5CCOCCOCCOCCOCCOCC5)c(OCCOC)c4)nn3)c(=O)oc2c1. The summed E-state index contributed by atoms with van der Waals surface area (Å²) in [4.78, 5) is 17.5. The van der Waals surface area contributed by atoms with Crippen molar-refractivity contribution in [2.75, 3.05) is 122 Å². The second-order valence-corrected chi connectivity index (χ2v) is 11.4. The zero-order valence-electron chi connectivity index (χ0n) is 29.3. The lowest BCUT2D eigenvalue weighted by molar-refractivity contribution is -0.0116. The van der Waals surface area contributed by atoms with Gasteiger partial charge in [-0.15, -0.1) is 5.10 Å². The number of benzene rings is 2. The zero-order chi connectivity index (χ0) is 35.0. The summed E-state index contributed by atoms with van der Waals surface area (Å²) >= 11 is 0. The van der Waals surface area contributed by atoms with Crippen molar-refractivity contribution < 1.29 is 37.6 Å². The standard InChI is InChI=1S/C36H49N5O9/c1-4-39(5-2)30-8-6-29-24-33(36(42)50-34(29)26-30)41-27-31(37-38-41)28-7-9-32(35(25-28)49-23-14-43-3)40-10-12-44-15-17-46-19-21-48-22-20-47-18-16-45-13-11-40/h6-9,24-27H,4-5,10-23H2,1-3H3. The monoisotopic (exact) mass is 695 g/mol. The van der Waals surface area contributed by atoms with Gasteiger partial charge in [0.25, 0.3) is 0 Å². The number of ether oxygens (including phenoxy) is 7. The van der Waals surface area contributed by atoms with Crippen LogP contribution in [-0.2, 0) is 28.4 Å². The van der Waals surface area contributed by atoms with Gasteiger partial charge in [-0.05, 0) is 44.2 Å². The summed E-state index contributed by atoms with van der Waals surface area (Å²) in [5.41, 5.74) is 3.52. The van der Waals surface area contributed by atoms with Crippen molar-refractivity contribution in [3.05, 3.63) is 59.1 Å². The summed E-state index contributed by atoms with van der Waals surface area (Å²) < 4.78 is 47.2. The van der Waals surface area contributed by atoms with Crippen molar-refractivity contribution in [1.82, 2.24) is 15.0 Å². The normalized spacial score (nSPS) is 16.2. The van der Waals surface area contributed by atoms with E-state index in [0.29, 0.717) is 109 Å². The van der Waals surface area contributed by atoms with Crippen LogP contribution in [0.1, 0.15) is 13.8 Å². The molecule has 14 heteroatoms. The number of methoxy groups -OCH3 is 1. The summed E-state index contributed by atoms with van der Waals surface area (Å²) in [6.45, 7) is 12.8. The van der Waals surface area contributed by atoms with E-state index in [1.165, 1.54) is 4.68 Å². The average Bonchev–Trinajstić information content (AvgIpc) is 3.62. The van der Waals surface area contributed by atoms with Gasteiger partial charge in [-0.2, -0.15) is 0 Å². The lowest BCUT2D eigenvalue weighted by Gasteiger charge is -2.27. The summed E-state index contributed by atoms with van der Waals surface area (Å²) in [6.07, 6.45) is 1.71. The van der Waals surface area contributed by atoms with Crippen LogP contribution < -0.4 is 20.2 Å². The van der Waals surface area contributed by atoms with Gasteiger partial charge < -0.3 is 47.4 Å². The maximum atomic E-state index is 13.1. The minimum Gasteiger partial charge on any atom is -0.489 e. The number of fused-ring (bicyclic) bond motifs is 1. The first-order chi connectivity index (χ1) is 24.6. The first-order valence-corrected chi connectivity index (χ1v) is 17.3. The minimum atomic E-state index is -0.500. The molecule has 4 aromatic rings. The van der Waals surface area contributed by atoms with Crippen LogP contribution in [-0.4, -0.2) is 128 Å². The van der Waals surface area contributed by atoms with Gasteiger partial charge in [-0.1, -0.05) is 11.3 Å². The highest BCUT2D eigenvalue weighted by Gasteiger charge is 2.18. The molecule has 0 saturated carbocycles. The van der Waals surface area contributed by atoms with Crippen molar-refractivity contribution >= 4 is 22.3 Å². The molecule has 0 amide bonds. The molecule has 5 rings (SSSR count). The van der Waals surface area contributed by atoms with E-state index in [4.69, 9.17) is 37.6 Å². The van der Waals surface area contributed by atoms with Crippen LogP contribution >= 0.6 is 0 Å². The molecule has 1 aliphatic heterocycles. The Labute approximate surface area is 292 Å². The fourth-order valence-corrected chi connectivity index (χ4v) is 5.52. The molecule has 1 saturated heterocycles. The van der Waals surface area contributed by atoms with Gasteiger partial charge in [0.1, 0.15) is 23.6 Å². The van der Waals surface area contributed by atoms with E-state index in [9.17, 15) is 4.79 Å². The van der Waals surface area contributed by atoms with Gasteiger partial charge in [0.2, 0.25) is 0 Å². The molecule has 2 aromatic heterocycles. The second-order valence-electron chi connectivity index (χ2n) is 11.4. The summed E-state index contributed by atoms with van der Waals surface area (Å²) in [5.74, 6) is 0.650. The van der Waals surface area contributed by atoms with E-state index in [-0.39, 0.29) is 5.69 Å². The van der Waals surface area contributed by atoms with Crippen LogP contribution in [0.4, 0.5) is 11.4 Å². The molecule has 0 bridgehead atoms. The molecule has 1 aliphatic rings. The first kappa shape index (κ1) is 37.2. The lowest BCUT2D eigenvalue weighted by atomic mass is 10.1. The van der Waals surface area contributed by atoms with Gasteiger partial charge in [-0.25, -0.2) is 9.48 Å². The molecule has 3 heterocycles. The maximum Gasteiger partial charge on any atom is 0.362 e. The predicted molar refractivity (Wildman–Crippen MR) is 190 cm³/mol. The Hall–Kier alpha value is -4.05. The van der Waals surface area contributed by atoms with Crippen molar-refractivity contribution in [2.24, 2.45) is 0 Å². The zero-order valence-corrected chi connectivity index (χ0v) is 29.3. The molecule has 14 nitrogen and oxygen atoms in total. The Morgan fingerprint density at radius 1 is 0.760 bits per heavy atom. The fourth-order valence-electron chi connectivity index (χ4n) is 5.52. The Kier molecular flexibility index (Phi) is 14.9. The topological polar surface area (TPSA) is 132 Å². The van der Waals surface area contributed by atoms with Crippen LogP contribution in [0.15, 0.2) is 57.9 Å². The average molecular weight is 696 g/mol. The highest BCUT2D eigenvalue weighted by molar-refractivity contribution is 5.82. The molecular formula is C36H49N5O9. The molecular weight excluding hydrogens is 646 g/mol. The van der Waals surface area contributed by atoms with Crippen molar-refractivity contribution in [1.29, 1.82) is 0 Å². The summed E-state index contributed by atoms with van der Waals surface area (Å²) in [5, 5.41) is 9.47. The van der Waals surface area contributed by atoms with E-state index in [1.54, 1.807) is 19.4 Å². The Morgan fingerprint density at radius 2 is 1.40 bits per heavy atom. The highest BCUT2D eigenvalue weighted by atomic mass is 16.6. The molecule has 0 unspecified atom stereocenters. The van der Waals surface area contributed by atoms with Gasteiger partial charge in [0.05, 0.1) is 84.6 Å². The fraction of sp³-hybridized carbons (Fsp3) is 0.528. The number of hydrogen-bond donors (Lipinski definition) is 0. The number of hydrogen-bond acceptors (Lipinski definition) is 13. The van der Waals surface area contributed by atoms with E-state index in [2.05, 4.69) is 34.0 Å². The van der Waals surface area contributed by atoms with E-state index < -0.39 is 5.63 Å². The van der Waals surface area contributed by atoms with Gasteiger partial charge in [0, 0.05) is 56.0 Å². The quantitative estimate of drug-likeness (QED) is 0.176. The van der Waals surface area contributed by atoms with E-state index >= 15 is 0 Å². The molecule has 50 heavy (non-hydrogen) atoms. The smallest absolute Gasteiger partial charge is 0.362 e. The summed E-state index contributed by atoms with van der Waals surface area (Å²) in [7, 11) is 1.64. The van der Waals surface area contributed by atoms with Gasteiger partial charge >= 0.3 is 5.63 Å². The van der Waals surface area contributed by atoms with Crippen molar-refractivity contribution in [3.8, 4) is 22.7 Å². The van der Waals surface area contributed by atoms with Crippen LogP contribution in [0.25, 0.3) is 27.9 Å². The lowest BCUT2D eigenvalue weighted by Crippen LogP contribution is -2.32. The van der Waals surface area contributed by atoms with E-state index in [1.807, 2.05) is 36.4 Å². The number of aromatic nitrogens is 3. The largest absolute Gasteiger partial charge is 0.489 e. The Balaban J connectivity index is 1.36. The third-order valence-electron chi connectivity index (χ3n) is 8.21. The van der Waals surface area contributed by atoms with Crippen molar-refractivity contribution in [2.45, 2.75) is 13.8 Å². The van der Waals surface area contributed by atoms with Crippen LogP contribution in [0.5, 0.6) is 5.75 Å². The Morgan fingerprint density at radius 3 is 2.02 bits per heavy atom. The summed E-state index contributed by atoms with van der Waals surface area (Å²) in [6, 6.07) is 13.5. The molecule has 0 aliphatic carbocycles. The molecule has 0 N–H and O–H groups in total. The Bertz CT molecular complexity index is 1640. The predicted octanol–water partition coefficient (Wildman–Crippen LogP) is 3.82. The first-order valence-electron chi connectivity index (χ1n) is 17.3. The highest BCUT2D eigenvalue weighted by Crippen LogP contribution is 2.33. The third kappa shape index (κ3) is 10.5. The molecule has 0 atom stereocenters. The number of rotatable bonds is 10. The van der Waals surface area contributed by atoms with Crippen LogP contribution in [0, 0.1) is 0 Å². The third-order valence-corrected chi connectivity index (χ3v) is 8.21. The number of anilines is 2. The molecule has 1 fully saturated rings. The van der Waals surface area contributed by atoms with Crippen molar-refractivity contribution in [3.63, 3.8) is 0 Å². The van der Waals surface area contributed by atoms with Crippen LogP contribution in [0.3, 0.4) is 0 Å². The van der Waals surface area contributed by atoms with Crippen LogP contribution in [0.2, 0.25) is 0 Å². The molecule has 2 aromatic carbocycles. The van der Waals surface area contributed by atoms with Gasteiger partial charge in [0.15, 0.2) is 5.69 Å². The minimum absolute atomic E-state index is 0.271. The maximum absolute atomic E-state index is 13.1. The molecule has 0 radical (unpaired) electrons. The van der Waals surface area contributed by atoms with Gasteiger partial charge in [-0.3, -0.25) is 0 Å².